The minimum Gasteiger partial charge on any atom is -0.471 e. The van der Waals surface area contributed by atoms with Gasteiger partial charge in [-0.25, -0.2) is 14.2 Å². The fourth-order valence-electron chi connectivity index (χ4n) is 3.92. The SMILES string of the molecule is N#Cc1ccc(Nc2ncnc(OC3C4COCC3CN(C(=O)OCCF)C4)c2F)c(Cl)c1. The topological polar surface area (TPSA) is 110 Å². The number of hydrogen-bond acceptors (Lipinski definition) is 8. The van der Waals surface area contributed by atoms with E-state index in [1.54, 1.807) is 6.07 Å². The van der Waals surface area contributed by atoms with Gasteiger partial charge in [0.05, 0.1) is 35.6 Å². The van der Waals surface area contributed by atoms with Gasteiger partial charge in [-0.1, -0.05) is 11.6 Å². The predicted octanol–water partition coefficient (Wildman–Crippen LogP) is 3.32. The normalized spacial score (nSPS) is 21.8. The van der Waals surface area contributed by atoms with Crippen molar-refractivity contribution in [1.82, 2.24) is 14.9 Å². The zero-order chi connectivity index (χ0) is 23.4. The Kier molecular flexibility index (Phi) is 7.05. The van der Waals surface area contributed by atoms with Crippen LogP contribution in [0, 0.1) is 29.0 Å². The Hall–Kier alpha value is -3.23. The molecule has 0 saturated carbocycles. The number of nitrogens with zero attached hydrogens (tertiary/aromatic N) is 4. The number of aromatic nitrogens is 2. The molecule has 12 heteroatoms. The highest BCUT2D eigenvalue weighted by Crippen LogP contribution is 2.34. The second-order valence-electron chi connectivity index (χ2n) is 7.62. The molecule has 2 aliphatic rings. The van der Waals surface area contributed by atoms with Crippen LogP contribution >= 0.6 is 11.6 Å². The average Bonchev–Trinajstić information content (AvgIpc) is 2.80. The van der Waals surface area contributed by atoms with Crippen LogP contribution in [0.4, 0.5) is 25.1 Å². The largest absolute Gasteiger partial charge is 0.471 e. The van der Waals surface area contributed by atoms with E-state index in [0.29, 0.717) is 24.5 Å². The second-order valence-corrected chi connectivity index (χ2v) is 8.03. The molecule has 2 unspecified atom stereocenters. The molecule has 2 aliphatic heterocycles. The van der Waals surface area contributed by atoms with E-state index in [0.717, 1.165) is 6.33 Å². The van der Waals surface area contributed by atoms with Crippen molar-refractivity contribution in [2.45, 2.75) is 6.10 Å². The first-order valence-corrected chi connectivity index (χ1v) is 10.6. The van der Waals surface area contributed by atoms with Crippen molar-refractivity contribution >= 4 is 29.2 Å². The van der Waals surface area contributed by atoms with Gasteiger partial charge in [-0.15, -0.1) is 0 Å². The quantitative estimate of drug-likeness (QED) is 0.672. The number of amides is 1. The number of nitrogens with one attached hydrogen (secondary N) is 1. The summed E-state index contributed by atoms with van der Waals surface area (Å²) < 4.78 is 43.9. The molecule has 1 aromatic heterocycles. The third-order valence-corrected chi connectivity index (χ3v) is 5.73. The lowest BCUT2D eigenvalue weighted by molar-refractivity contribution is -0.111. The fourth-order valence-corrected chi connectivity index (χ4v) is 4.15. The maximum Gasteiger partial charge on any atom is 0.409 e. The number of ether oxygens (including phenoxy) is 3. The lowest BCUT2D eigenvalue weighted by atomic mass is 9.84. The number of piperidine rings is 1. The van der Waals surface area contributed by atoms with Gasteiger partial charge in [-0.2, -0.15) is 14.6 Å². The highest BCUT2D eigenvalue weighted by Gasteiger charge is 2.44. The van der Waals surface area contributed by atoms with E-state index >= 15 is 4.39 Å². The summed E-state index contributed by atoms with van der Waals surface area (Å²) in [7, 11) is 0. The van der Waals surface area contributed by atoms with Crippen molar-refractivity contribution in [2.24, 2.45) is 11.8 Å². The van der Waals surface area contributed by atoms with Crippen molar-refractivity contribution in [3.63, 3.8) is 0 Å². The lowest BCUT2D eigenvalue weighted by Crippen LogP contribution is -2.58. The standard InChI is InChI=1S/C21H20ClF2N5O4/c22-15-5-12(6-25)1-2-16(15)28-19-17(24)20(27-11-26-19)33-18-13-7-29(21(30)32-4-3-23)8-14(18)10-31-9-13/h1-2,5,11,13-14,18H,3-4,7-10H2,(H,26,27,28). The molecule has 33 heavy (non-hydrogen) atoms. The molecule has 2 bridgehead atoms. The van der Waals surface area contributed by atoms with E-state index in [-0.39, 0.29) is 48.3 Å². The van der Waals surface area contributed by atoms with Crippen LogP contribution in [0.3, 0.4) is 0 Å². The Morgan fingerprint density at radius 3 is 2.76 bits per heavy atom. The molecule has 0 radical (unpaired) electrons. The highest BCUT2D eigenvalue weighted by molar-refractivity contribution is 6.33. The molecule has 1 N–H and O–H groups in total. The van der Waals surface area contributed by atoms with Crippen LogP contribution in [-0.4, -0.2) is 66.6 Å². The van der Waals surface area contributed by atoms with Crippen LogP contribution in [-0.2, 0) is 9.47 Å². The molecule has 4 rings (SSSR count). The molecule has 1 aromatic carbocycles. The van der Waals surface area contributed by atoms with Gasteiger partial charge in [0, 0.05) is 24.9 Å². The van der Waals surface area contributed by atoms with E-state index in [1.807, 2.05) is 6.07 Å². The molecular formula is C21H20ClF2N5O4. The van der Waals surface area contributed by atoms with Crippen LogP contribution in [0.25, 0.3) is 0 Å². The Labute approximate surface area is 193 Å². The maximum absolute atomic E-state index is 15.2. The molecule has 9 nitrogen and oxygen atoms in total. The van der Waals surface area contributed by atoms with Gasteiger partial charge < -0.3 is 24.4 Å². The number of carbonyl (C=O) groups is 1. The monoisotopic (exact) mass is 479 g/mol. The van der Waals surface area contributed by atoms with E-state index < -0.39 is 24.7 Å². The summed E-state index contributed by atoms with van der Waals surface area (Å²) in [6.45, 7) is 0.111. The minimum absolute atomic E-state index is 0.139. The highest BCUT2D eigenvalue weighted by atomic mass is 35.5. The summed E-state index contributed by atoms with van der Waals surface area (Å²) in [5.74, 6) is -1.67. The first-order valence-electron chi connectivity index (χ1n) is 10.2. The number of alkyl halides is 1. The van der Waals surface area contributed by atoms with Crippen LogP contribution in [0.15, 0.2) is 24.5 Å². The molecule has 3 heterocycles. The molecule has 2 atom stereocenters. The summed E-state index contributed by atoms with van der Waals surface area (Å²) in [6, 6.07) is 6.51. The van der Waals surface area contributed by atoms with Crippen LogP contribution in [0.5, 0.6) is 5.88 Å². The number of carbonyl (C=O) groups excluding carboxylic acids is 1. The molecule has 1 amide bonds. The van der Waals surface area contributed by atoms with Gasteiger partial charge in [-0.05, 0) is 18.2 Å². The predicted molar refractivity (Wildman–Crippen MR) is 113 cm³/mol. The van der Waals surface area contributed by atoms with Gasteiger partial charge in [0.1, 0.15) is 25.7 Å². The minimum atomic E-state index is -0.804. The van der Waals surface area contributed by atoms with Crippen molar-refractivity contribution in [3.8, 4) is 11.9 Å². The number of nitriles is 1. The smallest absolute Gasteiger partial charge is 0.409 e. The molecular weight excluding hydrogens is 460 g/mol. The summed E-state index contributed by atoms with van der Waals surface area (Å²) in [5.41, 5.74) is 0.732. The second kappa shape index (κ2) is 10.1. The van der Waals surface area contributed by atoms with Crippen LogP contribution in [0.1, 0.15) is 5.56 Å². The maximum atomic E-state index is 15.2. The van der Waals surface area contributed by atoms with Crippen molar-refractivity contribution in [3.05, 3.63) is 40.9 Å². The Morgan fingerprint density at radius 1 is 1.33 bits per heavy atom. The molecule has 2 aromatic rings. The third kappa shape index (κ3) is 5.07. The van der Waals surface area contributed by atoms with Gasteiger partial charge in [-0.3, -0.25) is 0 Å². The summed E-state index contributed by atoms with van der Waals surface area (Å²) in [6.07, 6.45) is 0.121. The van der Waals surface area contributed by atoms with E-state index in [2.05, 4.69) is 15.3 Å². The number of benzene rings is 1. The Balaban J connectivity index is 1.48. The van der Waals surface area contributed by atoms with Crippen LogP contribution in [0.2, 0.25) is 5.02 Å². The van der Waals surface area contributed by atoms with Crippen molar-refractivity contribution in [2.75, 3.05) is 44.9 Å². The zero-order valence-electron chi connectivity index (χ0n) is 17.3. The van der Waals surface area contributed by atoms with E-state index in [9.17, 15) is 9.18 Å². The van der Waals surface area contributed by atoms with E-state index in [1.165, 1.54) is 17.0 Å². The lowest BCUT2D eigenvalue weighted by Gasteiger charge is -2.45. The zero-order valence-corrected chi connectivity index (χ0v) is 18.1. The average molecular weight is 480 g/mol. The summed E-state index contributed by atoms with van der Waals surface area (Å²) >= 11 is 6.15. The number of hydrogen-bond donors (Lipinski definition) is 1. The van der Waals surface area contributed by atoms with Gasteiger partial charge in [0.2, 0.25) is 5.82 Å². The molecule has 2 fully saturated rings. The number of likely N-dealkylation sites (tertiary alicyclic amines) is 1. The molecule has 2 saturated heterocycles. The molecule has 0 aliphatic carbocycles. The Bertz CT molecular complexity index is 1060. The number of fused-ring (bicyclic) bond motifs is 2. The van der Waals surface area contributed by atoms with Gasteiger partial charge in [0.15, 0.2) is 5.82 Å². The molecule has 0 spiro atoms. The van der Waals surface area contributed by atoms with Gasteiger partial charge in [0.25, 0.3) is 5.88 Å². The Morgan fingerprint density at radius 2 is 2.09 bits per heavy atom. The first kappa shape index (κ1) is 22.9. The number of halogens is 3. The van der Waals surface area contributed by atoms with Gasteiger partial charge >= 0.3 is 6.09 Å². The first-order chi connectivity index (χ1) is 16.0. The third-order valence-electron chi connectivity index (χ3n) is 5.42. The summed E-state index contributed by atoms with van der Waals surface area (Å²) in [5, 5.41) is 12.0. The van der Waals surface area contributed by atoms with Crippen LogP contribution < -0.4 is 10.1 Å². The molecule has 174 valence electrons. The fraction of sp³-hybridized carbons (Fsp3) is 0.429. The number of rotatable bonds is 6. The number of anilines is 2. The van der Waals surface area contributed by atoms with Crippen molar-refractivity contribution < 1.29 is 27.8 Å². The summed E-state index contributed by atoms with van der Waals surface area (Å²) in [4.78, 5) is 21.5. The van der Waals surface area contributed by atoms with Crippen molar-refractivity contribution in [1.29, 1.82) is 5.26 Å². The van der Waals surface area contributed by atoms with E-state index in [4.69, 9.17) is 31.1 Å².